The smallest absolute Gasteiger partial charge is 0.303 e. The van der Waals surface area contributed by atoms with Gasteiger partial charge in [-0.05, 0) is 24.3 Å². The summed E-state index contributed by atoms with van der Waals surface area (Å²) in [7, 11) is 0. The molecule has 1 aromatic heterocycles. The topological polar surface area (TPSA) is 92.5 Å². The van der Waals surface area contributed by atoms with Gasteiger partial charge in [0.2, 0.25) is 0 Å². The highest BCUT2D eigenvalue weighted by Crippen LogP contribution is 2.39. The number of carbonyl (C=O) groups is 2. The van der Waals surface area contributed by atoms with Crippen LogP contribution in [0.5, 0.6) is 0 Å². The Morgan fingerprint density at radius 1 is 1.11 bits per heavy atom. The van der Waals surface area contributed by atoms with E-state index in [1.54, 1.807) is 0 Å². The van der Waals surface area contributed by atoms with Crippen LogP contribution in [0.3, 0.4) is 0 Å². The summed E-state index contributed by atoms with van der Waals surface area (Å²) in [4.78, 5) is 24.3. The molecule has 4 rings (SSSR count). The number of hydrogen-bond donors (Lipinski definition) is 0. The summed E-state index contributed by atoms with van der Waals surface area (Å²) < 4.78 is 59.2. The van der Waals surface area contributed by atoms with E-state index in [-0.39, 0.29) is 17.9 Å². The van der Waals surface area contributed by atoms with Crippen LogP contribution in [0, 0.1) is 17.5 Å². The Morgan fingerprint density at radius 3 is 2.44 bits per heavy atom. The summed E-state index contributed by atoms with van der Waals surface area (Å²) in [6, 6.07) is 10.5. The number of nitrogens with zero attached hydrogens (tertiary/aromatic N) is 3. The quantitative estimate of drug-likeness (QED) is 0.336. The number of ether oxygens (including phenoxy) is 3. The molecule has 3 aromatic rings. The standard InChI is InChI=1S/C24H22F3N3O5S/c1-13(31)33-12-21-24(34-14(2)32)20(10-22(35-21)36-16-6-4-3-5-7-16)30-11-19(28-29-30)15-8-17(25)23(27)18(26)9-15/h3-9,11,20-22,24H,10,12H2,1-2H3/t20-,21-,22-,24-/m1/s1. The van der Waals surface area contributed by atoms with Crippen LogP contribution in [0.4, 0.5) is 13.2 Å². The van der Waals surface area contributed by atoms with Gasteiger partial charge in [0.1, 0.15) is 23.8 Å². The lowest BCUT2D eigenvalue weighted by molar-refractivity contribution is -0.182. The van der Waals surface area contributed by atoms with Gasteiger partial charge in [0.25, 0.3) is 0 Å². The minimum absolute atomic E-state index is 0.0135. The molecule has 0 unspecified atom stereocenters. The lowest BCUT2D eigenvalue weighted by Crippen LogP contribution is -2.49. The zero-order chi connectivity index (χ0) is 25.8. The highest BCUT2D eigenvalue weighted by Gasteiger charge is 2.43. The fourth-order valence-electron chi connectivity index (χ4n) is 3.85. The largest absolute Gasteiger partial charge is 0.463 e. The number of rotatable bonds is 7. The fraction of sp³-hybridized carbons (Fsp3) is 0.333. The second-order valence-electron chi connectivity index (χ2n) is 8.05. The van der Waals surface area contributed by atoms with Crippen LogP contribution < -0.4 is 0 Å². The van der Waals surface area contributed by atoms with Crippen LogP contribution in [-0.2, 0) is 23.8 Å². The van der Waals surface area contributed by atoms with Crippen molar-refractivity contribution in [2.45, 2.75) is 48.8 Å². The van der Waals surface area contributed by atoms with E-state index in [4.69, 9.17) is 14.2 Å². The van der Waals surface area contributed by atoms with Gasteiger partial charge < -0.3 is 14.2 Å². The fourth-order valence-corrected chi connectivity index (χ4v) is 4.96. The number of aromatic nitrogens is 3. The van der Waals surface area contributed by atoms with Crippen molar-refractivity contribution in [3.05, 3.63) is 66.1 Å². The Kier molecular flexibility index (Phi) is 7.94. The number of hydrogen-bond acceptors (Lipinski definition) is 8. The van der Waals surface area contributed by atoms with Gasteiger partial charge in [-0.1, -0.05) is 35.2 Å². The van der Waals surface area contributed by atoms with Crippen molar-refractivity contribution in [3.63, 3.8) is 0 Å². The summed E-state index contributed by atoms with van der Waals surface area (Å²) in [6.07, 6.45) is -0.00813. The molecule has 2 heterocycles. The van der Waals surface area contributed by atoms with E-state index in [2.05, 4.69) is 10.3 Å². The summed E-state index contributed by atoms with van der Waals surface area (Å²) in [6.45, 7) is 2.31. The minimum atomic E-state index is -1.58. The number of esters is 2. The lowest BCUT2D eigenvalue weighted by Gasteiger charge is -2.40. The summed E-state index contributed by atoms with van der Waals surface area (Å²) >= 11 is 1.43. The van der Waals surface area contributed by atoms with Gasteiger partial charge in [-0.15, -0.1) is 5.10 Å². The molecule has 1 fully saturated rings. The molecule has 2 aromatic carbocycles. The third-order valence-electron chi connectivity index (χ3n) is 5.40. The second-order valence-corrected chi connectivity index (χ2v) is 9.29. The average Bonchev–Trinajstić information content (AvgIpc) is 3.32. The Hall–Kier alpha value is -3.38. The monoisotopic (exact) mass is 521 g/mol. The third-order valence-corrected chi connectivity index (χ3v) is 6.51. The Labute approximate surface area is 208 Å². The first-order chi connectivity index (χ1) is 17.2. The Balaban J connectivity index is 1.67. The molecule has 1 saturated heterocycles. The van der Waals surface area contributed by atoms with Crippen molar-refractivity contribution in [3.8, 4) is 11.3 Å². The van der Waals surface area contributed by atoms with Gasteiger partial charge in [0, 0.05) is 30.7 Å². The molecule has 0 saturated carbocycles. The number of halogens is 3. The van der Waals surface area contributed by atoms with Crippen molar-refractivity contribution in [1.29, 1.82) is 0 Å². The molecule has 0 N–H and O–H groups in total. The summed E-state index contributed by atoms with van der Waals surface area (Å²) in [5.41, 5.74) is -0.372. The van der Waals surface area contributed by atoms with E-state index >= 15 is 0 Å². The molecule has 1 aliphatic rings. The van der Waals surface area contributed by atoms with Crippen LogP contribution in [0.15, 0.2) is 53.6 Å². The van der Waals surface area contributed by atoms with Crippen LogP contribution in [-0.4, -0.2) is 51.2 Å². The molecule has 0 aliphatic carbocycles. The molecule has 12 heteroatoms. The number of carbonyl (C=O) groups excluding carboxylic acids is 2. The first-order valence-corrected chi connectivity index (χ1v) is 11.8. The highest BCUT2D eigenvalue weighted by molar-refractivity contribution is 7.99. The van der Waals surface area contributed by atoms with Crippen LogP contribution >= 0.6 is 11.8 Å². The van der Waals surface area contributed by atoms with Crippen molar-refractivity contribution in [2.24, 2.45) is 0 Å². The maximum atomic E-state index is 13.8. The van der Waals surface area contributed by atoms with E-state index in [9.17, 15) is 22.8 Å². The van der Waals surface area contributed by atoms with Gasteiger partial charge in [0.15, 0.2) is 23.6 Å². The molecule has 4 atom stereocenters. The summed E-state index contributed by atoms with van der Waals surface area (Å²) in [5, 5.41) is 8.07. The van der Waals surface area contributed by atoms with Crippen LogP contribution in [0.1, 0.15) is 26.3 Å². The van der Waals surface area contributed by atoms with Crippen molar-refractivity contribution >= 4 is 23.7 Å². The SMILES string of the molecule is CC(=O)OC[C@H]1O[C@H](Sc2ccccc2)C[C@@H](n2cc(-c3cc(F)c(F)c(F)c3)nn2)[C@H]1OC(C)=O. The van der Waals surface area contributed by atoms with E-state index in [1.807, 2.05) is 30.3 Å². The van der Waals surface area contributed by atoms with Crippen LogP contribution in [0.25, 0.3) is 11.3 Å². The average molecular weight is 522 g/mol. The van der Waals surface area contributed by atoms with Gasteiger partial charge in [0.05, 0.1) is 12.2 Å². The molecule has 0 amide bonds. The molecular formula is C24H22F3N3O5S. The zero-order valence-corrected chi connectivity index (χ0v) is 20.1. The van der Waals surface area contributed by atoms with E-state index < -0.39 is 53.1 Å². The predicted octanol–water partition coefficient (Wildman–Crippen LogP) is 4.31. The summed E-state index contributed by atoms with van der Waals surface area (Å²) in [5.74, 6) is -5.41. The van der Waals surface area contributed by atoms with Gasteiger partial charge in [-0.2, -0.15) is 0 Å². The Morgan fingerprint density at radius 2 is 1.81 bits per heavy atom. The van der Waals surface area contributed by atoms with E-state index in [1.165, 1.54) is 36.5 Å². The molecule has 190 valence electrons. The van der Waals surface area contributed by atoms with Crippen molar-refractivity contribution < 1.29 is 37.0 Å². The van der Waals surface area contributed by atoms with E-state index in [0.29, 0.717) is 6.42 Å². The zero-order valence-electron chi connectivity index (χ0n) is 19.3. The second kappa shape index (κ2) is 11.1. The molecule has 1 aliphatic heterocycles. The molecule has 8 nitrogen and oxygen atoms in total. The first kappa shape index (κ1) is 25.7. The van der Waals surface area contributed by atoms with Crippen LogP contribution in [0.2, 0.25) is 0 Å². The maximum absolute atomic E-state index is 13.8. The van der Waals surface area contributed by atoms with Gasteiger partial charge >= 0.3 is 11.9 Å². The van der Waals surface area contributed by atoms with Gasteiger partial charge in [-0.25, -0.2) is 17.9 Å². The predicted molar refractivity (Wildman–Crippen MR) is 122 cm³/mol. The normalized spacial score (nSPS) is 21.7. The first-order valence-electron chi connectivity index (χ1n) is 11.0. The molecule has 36 heavy (non-hydrogen) atoms. The molecule has 0 bridgehead atoms. The van der Waals surface area contributed by atoms with E-state index in [0.717, 1.165) is 17.0 Å². The highest BCUT2D eigenvalue weighted by atomic mass is 32.2. The van der Waals surface area contributed by atoms with Gasteiger partial charge in [-0.3, -0.25) is 9.59 Å². The van der Waals surface area contributed by atoms with Crippen molar-refractivity contribution in [1.82, 2.24) is 15.0 Å². The Bertz CT molecular complexity index is 1220. The lowest BCUT2D eigenvalue weighted by atomic mass is 9.99. The number of benzene rings is 2. The third kappa shape index (κ3) is 6.05. The number of thioether (sulfide) groups is 1. The molecular weight excluding hydrogens is 499 g/mol. The minimum Gasteiger partial charge on any atom is -0.463 e. The molecule has 0 spiro atoms. The maximum Gasteiger partial charge on any atom is 0.303 e. The van der Waals surface area contributed by atoms with Crippen molar-refractivity contribution in [2.75, 3.05) is 6.61 Å². The molecule has 0 radical (unpaired) electrons.